The van der Waals surface area contributed by atoms with E-state index in [1.807, 2.05) is 12.1 Å². The maximum absolute atomic E-state index is 13.2. The third-order valence-corrected chi connectivity index (χ3v) is 5.91. The van der Waals surface area contributed by atoms with E-state index in [4.69, 9.17) is 9.47 Å². The summed E-state index contributed by atoms with van der Waals surface area (Å²) in [4.78, 5) is 15.3. The largest absolute Gasteiger partial charge is 0.497 e. The van der Waals surface area contributed by atoms with Crippen molar-refractivity contribution < 1.29 is 14.3 Å². The molecule has 1 amide bonds. The fourth-order valence-electron chi connectivity index (χ4n) is 4.46. The number of methoxy groups -OCH3 is 2. The Bertz CT molecular complexity index is 672. The van der Waals surface area contributed by atoms with Crippen LogP contribution in [0.3, 0.4) is 0 Å². The van der Waals surface area contributed by atoms with Gasteiger partial charge in [0.05, 0.1) is 19.8 Å². The molecule has 2 unspecified atom stereocenters. The number of amides is 1. The molecular formula is C20H25NO3. The second kappa shape index (κ2) is 6.15. The maximum Gasteiger partial charge on any atom is 0.258 e. The van der Waals surface area contributed by atoms with E-state index in [1.54, 1.807) is 31.4 Å². The number of carbonyl (C=O) groups is 1. The van der Waals surface area contributed by atoms with Gasteiger partial charge in [0.2, 0.25) is 0 Å². The Morgan fingerprint density at radius 3 is 2.29 bits per heavy atom. The summed E-state index contributed by atoms with van der Waals surface area (Å²) in [5, 5.41) is 0. The first-order valence-electron chi connectivity index (χ1n) is 8.95. The zero-order valence-corrected chi connectivity index (χ0v) is 14.5. The molecule has 4 heteroatoms. The van der Waals surface area contributed by atoms with Crippen molar-refractivity contribution in [3.05, 3.63) is 34.9 Å². The Balaban J connectivity index is 1.60. The van der Waals surface area contributed by atoms with Gasteiger partial charge in [0, 0.05) is 18.2 Å². The van der Waals surface area contributed by atoms with Gasteiger partial charge in [-0.2, -0.15) is 0 Å². The minimum absolute atomic E-state index is 0.111. The molecule has 2 heterocycles. The summed E-state index contributed by atoms with van der Waals surface area (Å²) in [6.07, 6.45) is 8.34. The van der Waals surface area contributed by atoms with Crippen molar-refractivity contribution >= 4 is 5.91 Å². The topological polar surface area (TPSA) is 38.8 Å². The number of hydrogen-bond acceptors (Lipinski definition) is 3. The predicted molar refractivity (Wildman–Crippen MR) is 92.6 cm³/mol. The smallest absolute Gasteiger partial charge is 0.258 e. The molecule has 3 aliphatic rings. The normalized spacial score (nSPS) is 25.5. The van der Waals surface area contributed by atoms with Crippen LogP contribution in [-0.4, -0.2) is 37.1 Å². The quantitative estimate of drug-likeness (QED) is 0.789. The van der Waals surface area contributed by atoms with Crippen LogP contribution >= 0.6 is 0 Å². The van der Waals surface area contributed by atoms with Crippen LogP contribution in [0, 0.1) is 0 Å². The van der Waals surface area contributed by atoms with E-state index in [1.165, 1.54) is 19.3 Å². The number of benzene rings is 1. The molecule has 0 aromatic heterocycles. The Morgan fingerprint density at radius 1 is 1.04 bits per heavy atom. The van der Waals surface area contributed by atoms with E-state index in [0.717, 1.165) is 25.7 Å². The first-order chi connectivity index (χ1) is 11.7. The number of ether oxygens (including phenoxy) is 2. The number of carbonyl (C=O) groups excluding carboxylic acids is 1. The van der Waals surface area contributed by atoms with Gasteiger partial charge in [0.1, 0.15) is 11.5 Å². The number of allylic oxidation sites excluding steroid dienone is 1. The van der Waals surface area contributed by atoms with Crippen LogP contribution in [0.1, 0.15) is 55.3 Å². The Labute approximate surface area is 143 Å². The lowest BCUT2D eigenvalue weighted by atomic mass is 9.82. The molecule has 128 valence electrons. The van der Waals surface area contributed by atoms with Crippen molar-refractivity contribution in [2.75, 3.05) is 14.2 Å². The zero-order valence-electron chi connectivity index (χ0n) is 14.5. The van der Waals surface area contributed by atoms with Gasteiger partial charge in [-0.1, -0.05) is 11.1 Å². The highest BCUT2D eigenvalue weighted by Crippen LogP contribution is 2.44. The minimum atomic E-state index is 0.111. The van der Waals surface area contributed by atoms with Crippen molar-refractivity contribution in [3.8, 4) is 11.5 Å². The molecule has 4 nitrogen and oxygen atoms in total. The summed E-state index contributed by atoms with van der Waals surface area (Å²) in [7, 11) is 3.23. The predicted octanol–water partition coefficient (Wildman–Crippen LogP) is 3.95. The average Bonchev–Trinajstić information content (AvgIpc) is 2.82. The standard InChI is InChI=1S/C20H25NO3/c1-23-17-8-9-18(19(12-17)24-2)20(22)21-15-6-7-16(21)11-14(10-15)13-4-3-5-13/h8-9,12,15-16H,3-7,10-11H2,1-2H3. The van der Waals surface area contributed by atoms with Crippen LogP contribution in [0.4, 0.5) is 0 Å². The zero-order chi connectivity index (χ0) is 16.7. The highest BCUT2D eigenvalue weighted by atomic mass is 16.5. The number of piperidine rings is 1. The molecule has 24 heavy (non-hydrogen) atoms. The lowest BCUT2D eigenvalue weighted by Gasteiger charge is -2.38. The fraction of sp³-hybridized carbons (Fsp3) is 0.550. The van der Waals surface area contributed by atoms with Crippen LogP contribution in [-0.2, 0) is 0 Å². The lowest BCUT2D eigenvalue weighted by Crippen LogP contribution is -2.45. The van der Waals surface area contributed by atoms with Gasteiger partial charge in [-0.25, -0.2) is 0 Å². The Morgan fingerprint density at radius 2 is 1.75 bits per heavy atom. The number of hydrogen-bond donors (Lipinski definition) is 0. The second-order valence-corrected chi connectivity index (χ2v) is 7.13. The van der Waals surface area contributed by atoms with Crippen molar-refractivity contribution in [1.82, 2.24) is 4.90 Å². The third kappa shape index (κ3) is 2.48. The van der Waals surface area contributed by atoms with E-state index < -0.39 is 0 Å². The van der Waals surface area contributed by atoms with Crippen molar-refractivity contribution in [2.45, 2.75) is 57.0 Å². The highest BCUT2D eigenvalue weighted by Gasteiger charge is 2.43. The van der Waals surface area contributed by atoms with E-state index in [9.17, 15) is 4.79 Å². The van der Waals surface area contributed by atoms with Crippen LogP contribution in [0.25, 0.3) is 0 Å². The molecule has 1 aromatic carbocycles. The van der Waals surface area contributed by atoms with Gasteiger partial charge in [0.15, 0.2) is 0 Å². The molecule has 2 atom stereocenters. The van der Waals surface area contributed by atoms with E-state index in [0.29, 0.717) is 29.1 Å². The van der Waals surface area contributed by atoms with E-state index >= 15 is 0 Å². The van der Waals surface area contributed by atoms with Crippen molar-refractivity contribution in [3.63, 3.8) is 0 Å². The van der Waals surface area contributed by atoms with Gasteiger partial charge in [-0.15, -0.1) is 0 Å². The summed E-state index contributed by atoms with van der Waals surface area (Å²) in [6, 6.07) is 6.20. The molecule has 4 rings (SSSR count). The van der Waals surface area contributed by atoms with Crippen LogP contribution in [0.15, 0.2) is 29.3 Å². The molecule has 0 spiro atoms. The Kier molecular flexibility index (Phi) is 3.99. The summed E-state index contributed by atoms with van der Waals surface area (Å²) in [6.45, 7) is 0. The summed E-state index contributed by atoms with van der Waals surface area (Å²) < 4.78 is 10.7. The second-order valence-electron chi connectivity index (χ2n) is 7.13. The summed E-state index contributed by atoms with van der Waals surface area (Å²) in [5.41, 5.74) is 3.98. The lowest BCUT2D eigenvalue weighted by molar-refractivity contribution is 0.0629. The Hall–Kier alpha value is -1.97. The van der Waals surface area contributed by atoms with E-state index in [2.05, 4.69) is 4.90 Å². The van der Waals surface area contributed by atoms with Gasteiger partial charge < -0.3 is 14.4 Å². The number of rotatable bonds is 3. The van der Waals surface area contributed by atoms with Crippen LogP contribution in [0.5, 0.6) is 11.5 Å². The van der Waals surface area contributed by atoms with Gasteiger partial charge in [-0.3, -0.25) is 4.79 Å². The van der Waals surface area contributed by atoms with Crippen LogP contribution < -0.4 is 9.47 Å². The minimum Gasteiger partial charge on any atom is -0.497 e. The summed E-state index contributed by atoms with van der Waals surface area (Å²) in [5.74, 6) is 1.42. The maximum atomic E-state index is 13.2. The molecule has 2 bridgehead atoms. The monoisotopic (exact) mass is 327 g/mol. The summed E-state index contributed by atoms with van der Waals surface area (Å²) >= 11 is 0. The molecule has 0 radical (unpaired) electrons. The van der Waals surface area contributed by atoms with Gasteiger partial charge >= 0.3 is 0 Å². The SMILES string of the molecule is COc1ccc(C(=O)N2C3CCC2CC(=C2CCC2)C3)c(OC)c1. The van der Waals surface area contributed by atoms with Crippen LogP contribution in [0.2, 0.25) is 0 Å². The third-order valence-electron chi connectivity index (χ3n) is 5.91. The van der Waals surface area contributed by atoms with E-state index in [-0.39, 0.29) is 5.91 Å². The molecule has 2 aliphatic heterocycles. The molecule has 1 saturated carbocycles. The van der Waals surface area contributed by atoms with Crippen molar-refractivity contribution in [2.24, 2.45) is 0 Å². The number of fused-ring (bicyclic) bond motifs is 2. The highest BCUT2D eigenvalue weighted by molar-refractivity contribution is 5.98. The molecule has 0 N–H and O–H groups in total. The van der Waals surface area contributed by atoms with Gasteiger partial charge in [0.25, 0.3) is 5.91 Å². The number of nitrogens with zero attached hydrogens (tertiary/aromatic N) is 1. The first kappa shape index (κ1) is 15.6. The average molecular weight is 327 g/mol. The first-order valence-corrected chi connectivity index (χ1v) is 8.95. The molecular weight excluding hydrogens is 302 g/mol. The molecule has 2 saturated heterocycles. The molecule has 1 aromatic rings. The molecule has 1 aliphatic carbocycles. The fourth-order valence-corrected chi connectivity index (χ4v) is 4.46. The van der Waals surface area contributed by atoms with Crippen molar-refractivity contribution in [1.29, 1.82) is 0 Å². The molecule has 3 fully saturated rings. The van der Waals surface area contributed by atoms with Gasteiger partial charge in [-0.05, 0) is 57.1 Å².